The molecule has 4 rings (SSSR count). The number of nitrogens with zero attached hydrogens (tertiary/aromatic N) is 5. The van der Waals surface area contributed by atoms with Crippen molar-refractivity contribution in [3.05, 3.63) is 30.2 Å². The van der Waals surface area contributed by atoms with E-state index in [1.54, 1.807) is 6.20 Å². The zero-order valence-corrected chi connectivity index (χ0v) is 16.9. The van der Waals surface area contributed by atoms with Crippen molar-refractivity contribution in [2.45, 2.75) is 25.1 Å². The van der Waals surface area contributed by atoms with Gasteiger partial charge in [-0.3, -0.25) is 4.98 Å². The van der Waals surface area contributed by atoms with Crippen molar-refractivity contribution in [2.75, 3.05) is 24.7 Å². The highest BCUT2D eigenvalue weighted by molar-refractivity contribution is 7.88. The Morgan fingerprint density at radius 3 is 2.59 bits per heavy atom. The number of rotatable bonds is 4. The number of aromatic nitrogens is 4. The first-order valence-electron chi connectivity index (χ1n) is 8.70. The maximum absolute atomic E-state index is 12.9. The van der Waals surface area contributed by atoms with Gasteiger partial charge in [0.05, 0.1) is 23.7 Å². The minimum Gasteiger partial charge on any atom is -0.357 e. The van der Waals surface area contributed by atoms with E-state index in [0.717, 1.165) is 12.3 Å². The number of nitrogens with one attached hydrogen (secondary N) is 1. The Morgan fingerprint density at radius 1 is 1.24 bits per heavy atom. The van der Waals surface area contributed by atoms with Gasteiger partial charge in [-0.1, -0.05) is 11.3 Å². The number of hydrogen-bond donors (Lipinski definition) is 1. The number of piperidine rings is 1. The van der Waals surface area contributed by atoms with Gasteiger partial charge in [-0.2, -0.15) is 13.2 Å². The molecule has 1 N–H and O–H groups in total. The lowest BCUT2D eigenvalue weighted by Gasteiger charge is -2.30. The summed E-state index contributed by atoms with van der Waals surface area (Å²) in [6.45, 7) is 0.900. The van der Waals surface area contributed by atoms with Crippen molar-refractivity contribution >= 4 is 31.5 Å². The van der Waals surface area contributed by atoms with Crippen molar-refractivity contribution in [3.8, 4) is 11.3 Å². The molecule has 1 aliphatic rings. The lowest BCUT2D eigenvalue weighted by atomic mass is 10.1. The highest BCUT2D eigenvalue weighted by atomic mass is 32.2. The first kappa shape index (κ1) is 20.0. The number of hydrogen-bond acceptors (Lipinski definition) is 7. The standard InChI is InChI=1S/C16H17F3N6O2S2/c1-29(26,27)24-4-2-12(3-5-24)21-14-23-25-9-13(22-15(25)28-14)10-6-11(8-20-7-10)16(17,18)19/h6-9,12H,2-5H2,1H3,(H,21,23). The fraction of sp³-hybridized carbons (Fsp3) is 0.438. The fourth-order valence-corrected chi connectivity index (χ4v) is 4.87. The highest BCUT2D eigenvalue weighted by Crippen LogP contribution is 2.32. The van der Waals surface area contributed by atoms with Gasteiger partial charge in [-0.05, 0) is 18.9 Å². The van der Waals surface area contributed by atoms with E-state index >= 15 is 0 Å². The van der Waals surface area contributed by atoms with Crippen LogP contribution in [0.1, 0.15) is 18.4 Å². The molecule has 4 heterocycles. The van der Waals surface area contributed by atoms with Gasteiger partial charge in [0.2, 0.25) is 20.1 Å². The minimum absolute atomic E-state index is 0.0935. The summed E-state index contributed by atoms with van der Waals surface area (Å²) in [5.41, 5.74) is -0.211. The molecule has 0 radical (unpaired) electrons. The Bertz CT molecular complexity index is 1100. The molecule has 13 heteroatoms. The zero-order valence-electron chi connectivity index (χ0n) is 15.2. The van der Waals surface area contributed by atoms with E-state index in [1.165, 1.54) is 32.6 Å². The molecule has 0 spiro atoms. The first-order chi connectivity index (χ1) is 13.6. The summed E-state index contributed by atoms with van der Waals surface area (Å²) in [6.07, 6.45) is 1.72. The van der Waals surface area contributed by atoms with Crippen molar-refractivity contribution in [1.29, 1.82) is 0 Å². The van der Waals surface area contributed by atoms with Gasteiger partial charge in [0, 0.05) is 37.1 Å². The van der Waals surface area contributed by atoms with Gasteiger partial charge in [0.1, 0.15) is 0 Å². The van der Waals surface area contributed by atoms with Crippen molar-refractivity contribution in [2.24, 2.45) is 0 Å². The normalized spacial score (nSPS) is 17.1. The second kappa shape index (κ2) is 7.22. The monoisotopic (exact) mass is 446 g/mol. The van der Waals surface area contributed by atoms with Gasteiger partial charge < -0.3 is 5.32 Å². The average Bonchev–Trinajstić information content (AvgIpc) is 3.19. The molecule has 0 unspecified atom stereocenters. The molecular weight excluding hydrogens is 429 g/mol. The predicted molar refractivity (Wildman–Crippen MR) is 102 cm³/mol. The molecule has 156 valence electrons. The summed E-state index contributed by atoms with van der Waals surface area (Å²) in [5.74, 6) is 0. The van der Waals surface area contributed by atoms with E-state index in [0.29, 0.717) is 41.7 Å². The molecule has 0 saturated carbocycles. The summed E-state index contributed by atoms with van der Waals surface area (Å²) in [5, 5.41) is 8.28. The Morgan fingerprint density at radius 2 is 1.97 bits per heavy atom. The molecule has 1 fully saturated rings. The largest absolute Gasteiger partial charge is 0.417 e. The summed E-state index contributed by atoms with van der Waals surface area (Å²) < 4.78 is 64.7. The van der Waals surface area contributed by atoms with Gasteiger partial charge in [-0.15, -0.1) is 5.10 Å². The van der Waals surface area contributed by atoms with Crippen LogP contribution in [0.15, 0.2) is 24.7 Å². The molecule has 0 amide bonds. The van der Waals surface area contributed by atoms with E-state index in [-0.39, 0.29) is 11.6 Å². The van der Waals surface area contributed by atoms with Crippen LogP contribution in [0, 0.1) is 0 Å². The molecular formula is C16H17F3N6O2S2. The molecule has 0 aromatic carbocycles. The van der Waals surface area contributed by atoms with E-state index in [1.807, 2.05) is 0 Å². The van der Waals surface area contributed by atoms with Gasteiger partial charge in [0.25, 0.3) is 0 Å². The lowest BCUT2D eigenvalue weighted by molar-refractivity contribution is -0.137. The third-order valence-electron chi connectivity index (χ3n) is 4.66. The molecule has 29 heavy (non-hydrogen) atoms. The Labute approximate surface area is 168 Å². The zero-order chi connectivity index (χ0) is 20.8. The molecule has 3 aromatic heterocycles. The number of imidazole rings is 1. The van der Waals surface area contributed by atoms with Gasteiger partial charge >= 0.3 is 6.18 Å². The van der Waals surface area contributed by atoms with Crippen LogP contribution in [0.2, 0.25) is 0 Å². The van der Waals surface area contributed by atoms with Gasteiger partial charge in [0.15, 0.2) is 0 Å². The summed E-state index contributed by atoms with van der Waals surface area (Å²) in [7, 11) is -3.17. The second-order valence-electron chi connectivity index (χ2n) is 6.80. The maximum atomic E-state index is 12.9. The number of halogens is 3. The molecule has 8 nitrogen and oxygen atoms in total. The SMILES string of the molecule is CS(=O)(=O)N1CCC(Nc2nn3cc(-c4cncc(C(F)(F)F)c4)nc3s2)CC1. The third kappa shape index (κ3) is 4.36. The van der Waals surface area contributed by atoms with Crippen LogP contribution >= 0.6 is 11.3 Å². The predicted octanol–water partition coefficient (Wildman–Crippen LogP) is 2.71. The molecule has 0 aliphatic carbocycles. The summed E-state index contributed by atoms with van der Waals surface area (Å²) >= 11 is 1.28. The minimum atomic E-state index is -4.47. The van der Waals surface area contributed by atoms with Crippen LogP contribution in [-0.2, 0) is 16.2 Å². The van der Waals surface area contributed by atoms with Gasteiger partial charge in [-0.25, -0.2) is 22.2 Å². The van der Waals surface area contributed by atoms with Crippen LogP contribution < -0.4 is 5.32 Å². The van der Waals surface area contributed by atoms with Crippen molar-refractivity contribution in [1.82, 2.24) is 23.9 Å². The van der Waals surface area contributed by atoms with Crippen LogP contribution in [-0.4, -0.2) is 57.7 Å². The summed E-state index contributed by atoms with van der Waals surface area (Å²) in [4.78, 5) is 8.54. The first-order valence-corrected chi connectivity index (χ1v) is 11.4. The Kier molecular flexibility index (Phi) is 4.99. The van der Waals surface area contributed by atoms with Crippen LogP contribution in [0.5, 0.6) is 0 Å². The molecule has 0 bridgehead atoms. The maximum Gasteiger partial charge on any atom is 0.417 e. The topological polar surface area (TPSA) is 92.5 Å². The highest BCUT2D eigenvalue weighted by Gasteiger charge is 2.31. The number of fused-ring (bicyclic) bond motifs is 1. The van der Waals surface area contributed by atoms with E-state index < -0.39 is 21.8 Å². The van der Waals surface area contributed by atoms with E-state index in [9.17, 15) is 21.6 Å². The quantitative estimate of drug-likeness (QED) is 0.663. The smallest absolute Gasteiger partial charge is 0.357 e. The van der Waals surface area contributed by atoms with Crippen molar-refractivity contribution < 1.29 is 21.6 Å². The number of sulfonamides is 1. The number of alkyl halides is 3. The Hall–Kier alpha value is -2.25. The van der Waals surface area contributed by atoms with Crippen LogP contribution in [0.25, 0.3) is 16.2 Å². The third-order valence-corrected chi connectivity index (χ3v) is 6.81. The van der Waals surface area contributed by atoms with Crippen LogP contribution in [0.3, 0.4) is 0 Å². The fourth-order valence-electron chi connectivity index (χ4n) is 3.14. The van der Waals surface area contributed by atoms with Crippen molar-refractivity contribution in [3.63, 3.8) is 0 Å². The van der Waals surface area contributed by atoms with E-state index in [2.05, 4.69) is 20.4 Å². The lowest BCUT2D eigenvalue weighted by Crippen LogP contribution is -2.41. The average molecular weight is 446 g/mol. The number of anilines is 1. The molecule has 1 saturated heterocycles. The summed E-state index contributed by atoms with van der Waals surface area (Å²) in [6, 6.07) is 1.10. The van der Waals surface area contributed by atoms with E-state index in [4.69, 9.17) is 0 Å². The molecule has 0 atom stereocenters. The Balaban J connectivity index is 1.47. The second-order valence-corrected chi connectivity index (χ2v) is 9.74. The molecule has 3 aromatic rings. The van der Waals surface area contributed by atoms with Crippen LogP contribution in [0.4, 0.5) is 18.3 Å². The number of pyridine rings is 1. The molecule has 1 aliphatic heterocycles.